The molecular weight excluding hydrogens is 162 g/mol. The highest BCUT2D eigenvalue weighted by Crippen LogP contribution is 2.35. The maximum Gasteiger partial charge on any atom is 0.0535 e. The van der Waals surface area contributed by atoms with Crippen LogP contribution in [-0.4, -0.2) is 19.8 Å². The van der Waals surface area contributed by atoms with Crippen molar-refractivity contribution < 1.29 is 4.74 Å². The van der Waals surface area contributed by atoms with E-state index in [2.05, 4.69) is 13.8 Å². The summed E-state index contributed by atoms with van der Waals surface area (Å²) in [4.78, 5) is 0. The lowest BCUT2D eigenvalue weighted by Gasteiger charge is -2.28. The highest BCUT2D eigenvalue weighted by molar-refractivity contribution is 4.85. The second kappa shape index (κ2) is 4.97. The Morgan fingerprint density at radius 1 is 1.54 bits per heavy atom. The SMILES string of the molecule is CCCC(C)CC1(CN)CCOC1. The Labute approximate surface area is 81.8 Å². The maximum atomic E-state index is 5.83. The predicted molar refractivity (Wildman–Crippen MR) is 55.6 cm³/mol. The van der Waals surface area contributed by atoms with E-state index in [4.69, 9.17) is 10.5 Å². The molecule has 1 rings (SSSR count). The van der Waals surface area contributed by atoms with E-state index in [0.29, 0.717) is 5.41 Å². The van der Waals surface area contributed by atoms with Crippen molar-refractivity contribution in [3.63, 3.8) is 0 Å². The average molecular weight is 185 g/mol. The van der Waals surface area contributed by atoms with E-state index in [1.165, 1.54) is 19.3 Å². The third-order valence-electron chi connectivity index (χ3n) is 3.18. The van der Waals surface area contributed by atoms with Crippen LogP contribution in [0.5, 0.6) is 0 Å². The third-order valence-corrected chi connectivity index (χ3v) is 3.18. The van der Waals surface area contributed by atoms with Gasteiger partial charge in [-0.1, -0.05) is 26.7 Å². The summed E-state index contributed by atoms with van der Waals surface area (Å²) < 4.78 is 5.45. The first-order chi connectivity index (χ1) is 6.22. The van der Waals surface area contributed by atoms with Gasteiger partial charge in [-0.15, -0.1) is 0 Å². The van der Waals surface area contributed by atoms with Gasteiger partial charge >= 0.3 is 0 Å². The zero-order valence-corrected chi connectivity index (χ0v) is 9.01. The molecule has 0 aliphatic carbocycles. The van der Waals surface area contributed by atoms with Crippen molar-refractivity contribution in [3.8, 4) is 0 Å². The Morgan fingerprint density at radius 3 is 2.77 bits per heavy atom. The Hall–Kier alpha value is -0.0800. The standard InChI is InChI=1S/C11H23NO/c1-3-4-10(2)7-11(8-12)5-6-13-9-11/h10H,3-9,12H2,1-2H3. The van der Waals surface area contributed by atoms with Crippen LogP contribution in [0.2, 0.25) is 0 Å². The lowest BCUT2D eigenvalue weighted by Crippen LogP contribution is -2.32. The molecule has 0 spiro atoms. The largest absolute Gasteiger partial charge is 0.381 e. The van der Waals surface area contributed by atoms with Crippen LogP contribution >= 0.6 is 0 Å². The number of hydrogen-bond acceptors (Lipinski definition) is 2. The van der Waals surface area contributed by atoms with Crippen molar-refractivity contribution >= 4 is 0 Å². The highest BCUT2D eigenvalue weighted by Gasteiger charge is 2.34. The van der Waals surface area contributed by atoms with Crippen LogP contribution in [0.3, 0.4) is 0 Å². The fraction of sp³-hybridized carbons (Fsp3) is 1.00. The summed E-state index contributed by atoms with van der Waals surface area (Å²) in [5.74, 6) is 0.801. The van der Waals surface area contributed by atoms with Gasteiger partial charge in [0.15, 0.2) is 0 Å². The Bertz CT molecular complexity index is 141. The molecule has 0 radical (unpaired) electrons. The molecule has 2 heteroatoms. The summed E-state index contributed by atoms with van der Waals surface area (Å²) in [6, 6.07) is 0. The molecule has 2 nitrogen and oxygen atoms in total. The monoisotopic (exact) mass is 185 g/mol. The van der Waals surface area contributed by atoms with Crippen molar-refractivity contribution in [3.05, 3.63) is 0 Å². The molecule has 0 amide bonds. The minimum Gasteiger partial charge on any atom is -0.381 e. The average Bonchev–Trinajstić information content (AvgIpc) is 2.54. The van der Waals surface area contributed by atoms with Crippen LogP contribution in [0.4, 0.5) is 0 Å². The van der Waals surface area contributed by atoms with Gasteiger partial charge in [-0.3, -0.25) is 0 Å². The zero-order chi connectivity index (χ0) is 9.73. The van der Waals surface area contributed by atoms with Gasteiger partial charge in [0.1, 0.15) is 0 Å². The number of rotatable bonds is 5. The zero-order valence-electron chi connectivity index (χ0n) is 9.01. The first-order valence-electron chi connectivity index (χ1n) is 5.50. The highest BCUT2D eigenvalue weighted by atomic mass is 16.5. The van der Waals surface area contributed by atoms with E-state index in [-0.39, 0.29) is 0 Å². The molecule has 78 valence electrons. The van der Waals surface area contributed by atoms with Crippen molar-refractivity contribution in [1.29, 1.82) is 0 Å². The van der Waals surface area contributed by atoms with Crippen LogP contribution in [0.1, 0.15) is 39.5 Å². The summed E-state index contributed by atoms with van der Waals surface area (Å²) in [5, 5.41) is 0. The Morgan fingerprint density at radius 2 is 2.31 bits per heavy atom. The fourth-order valence-corrected chi connectivity index (χ4v) is 2.39. The van der Waals surface area contributed by atoms with Crippen molar-refractivity contribution in [2.45, 2.75) is 39.5 Å². The first kappa shape index (κ1) is 11.0. The summed E-state index contributed by atoms with van der Waals surface area (Å²) >= 11 is 0. The topological polar surface area (TPSA) is 35.2 Å². The van der Waals surface area contributed by atoms with Gasteiger partial charge in [0, 0.05) is 18.6 Å². The van der Waals surface area contributed by atoms with Gasteiger partial charge in [0.2, 0.25) is 0 Å². The molecule has 1 heterocycles. The van der Waals surface area contributed by atoms with Crippen LogP contribution in [0, 0.1) is 11.3 Å². The number of ether oxygens (including phenoxy) is 1. The molecular formula is C11H23NO. The van der Waals surface area contributed by atoms with Crippen molar-refractivity contribution in [1.82, 2.24) is 0 Å². The molecule has 1 aliphatic heterocycles. The molecule has 1 aliphatic rings. The minimum atomic E-state index is 0.314. The lowest BCUT2D eigenvalue weighted by molar-refractivity contribution is 0.137. The van der Waals surface area contributed by atoms with Gasteiger partial charge in [-0.25, -0.2) is 0 Å². The molecule has 1 fully saturated rings. The van der Waals surface area contributed by atoms with Gasteiger partial charge in [0.05, 0.1) is 6.61 Å². The van der Waals surface area contributed by atoms with Crippen LogP contribution in [-0.2, 0) is 4.74 Å². The molecule has 0 aromatic carbocycles. The van der Waals surface area contributed by atoms with Gasteiger partial charge in [0.25, 0.3) is 0 Å². The van der Waals surface area contributed by atoms with Crippen LogP contribution in [0.25, 0.3) is 0 Å². The van der Waals surface area contributed by atoms with E-state index >= 15 is 0 Å². The van der Waals surface area contributed by atoms with E-state index in [1.807, 2.05) is 0 Å². The number of nitrogens with two attached hydrogens (primary N) is 1. The molecule has 0 aromatic rings. The predicted octanol–water partition coefficient (Wildman–Crippen LogP) is 2.18. The van der Waals surface area contributed by atoms with Crippen LogP contribution < -0.4 is 5.73 Å². The second-order valence-corrected chi connectivity index (χ2v) is 4.60. The summed E-state index contributed by atoms with van der Waals surface area (Å²) in [6.07, 6.45) is 5.01. The summed E-state index contributed by atoms with van der Waals surface area (Å²) in [7, 11) is 0. The van der Waals surface area contributed by atoms with E-state index in [0.717, 1.165) is 32.1 Å². The van der Waals surface area contributed by atoms with Gasteiger partial charge in [-0.2, -0.15) is 0 Å². The smallest absolute Gasteiger partial charge is 0.0535 e. The number of hydrogen-bond donors (Lipinski definition) is 1. The lowest BCUT2D eigenvalue weighted by atomic mass is 9.78. The fourth-order valence-electron chi connectivity index (χ4n) is 2.39. The van der Waals surface area contributed by atoms with Gasteiger partial charge < -0.3 is 10.5 Å². The molecule has 13 heavy (non-hydrogen) atoms. The Balaban J connectivity index is 2.38. The molecule has 2 atom stereocenters. The minimum absolute atomic E-state index is 0.314. The molecule has 1 saturated heterocycles. The normalized spacial score (nSPS) is 30.7. The van der Waals surface area contributed by atoms with Crippen molar-refractivity contribution in [2.75, 3.05) is 19.8 Å². The van der Waals surface area contributed by atoms with E-state index in [1.54, 1.807) is 0 Å². The molecule has 0 aromatic heterocycles. The second-order valence-electron chi connectivity index (χ2n) is 4.60. The van der Waals surface area contributed by atoms with E-state index in [9.17, 15) is 0 Å². The molecule has 0 saturated carbocycles. The quantitative estimate of drug-likeness (QED) is 0.712. The summed E-state index contributed by atoms with van der Waals surface area (Å²) in [6.45, 7) is 7.17. The molecule has 2 N–H and O–H groups in total. The van der Waals surface area contributed by atoms with Crippen molar-refractivity contribution in [2.24, 2.45) is 17.1 Å². The van der Waals surface area contributed by atoms with Gasteiger partial charge in [-0.05, 0) is 18.8 Å². The first-order valence-corrected chi connectivity index (χ1v) is 5.50. The van der Waals surface area contributed by atoms with E-state index < -0.39 is 0 Å². The molecule has 2 unspecified atom stereocenters. The van der Waals surface area contributed by atoms with Crippen LogP contribution in [0.15, 0.2) is 0 Å². The summed E-state index contributed by atoms with van der Waals surface area (Å²) in [5.41, 5.74) is 6.15. The maximum absolute atomic E-state index is 5.83. The Kier molecular flexibility index (Phi) is 4.20. The third kappa shape index (κ3) is 2.96. The molecule has 0 bridgehead atoms.